The van der Waals surface area contributed by atoms with E-state index in [2.05, 4.69) is 6.07 Å². The first-order valence-corrected chi connectivity index (χ1v) is 7.25. The smallest absolute Gasteiger partial charge is 0.252 e. The van der Waals surface area contributed by atoms with Crippen LogP contribution in [0.2, 0.25) is 0 Å². The second-order valence-corrected chi connectivity index (χ2v) is 6.30. The molecule has 6 heteroatoms. The van der Waals surface area contributed by atoms with Crippen molar-refractivity contribution in [1.29, 1.82) is 5.26 Å². The largest absolute Gasteiger partial charge is 0.485 e. The average Bonchev–Trinajstić information content (AvgIpc) is 2.80. The van der Waals surface area contributed by atoms with Crippen LogP contribution in [0.15, 0.2) is 18.2 Å². The van der Waals surface area contributed by atoms with Crippen LogP contribution in [-0.2, 0) is 4.79 Å². The van der Waals surface area contributed by atoms with Gasteiger partial charge in [-0.15, -0.1) is 0 Å². The molecule has 1 saturated heterocycles. The summed E-state index contributed by atoms with van der Waals surface area (Å²) in [6.07, 6.45) is -1.64. The van der Waals surface area contributed by atoms with Crippen LogP contribution in [0.25, 0.3) is 0 Å². The Morgan fingerprint density at radius 3 is 2.73 bits per heavy atom. The van der Waals surface area contributed by atoms with Crippen LogP contribution < -0.4 is 4.74 Å². The fourth-order valence-electron chi connectivity index (χ4n) is 3.14. The number of carbonyl (C=O) groups excluding carboxylic acids is 1. The quantitative estimate of drug-likeness (QED) is 0.797. The molecule has 0 radical (unpaired) electrons. The molecule has 0 spiro atoms. The summed E-state index contributed by atoms with van der Waals surface area (Å²) in [5.41, 5.74) is 0.166. The molecule has 22 heavy (non-hydrogen) atoms. The van der Waals surface area contributed by atoms with Gasteiger partial charge in [-0.2, -0.15) is 5.26 Å². The van der Waals surface area contributed by atoms with Crippen molar-refractivity contribution in [3.05, 3.63) is 29.3 Å². The Balaban J connectivity index is 2.11. The highest BCUT2D eigenvalue weighted by Gasteiger charge is 2.49. The standard InChI is InChI=1S/C16H18N2O4/c1-16(2)14(20)13(18-6-5-11(19)15(18)21)10-7-9(8-17)3-4-12(10)22-16/h3-4,7,11,13-14,19-20H,5-6H2,1-2H3/t11?,13-,14+/m0/s1. The van der Waals surface area contributed by atoms with Crippen molar-refractivity contribution in [2.75, 3.05) is 6.54 Å². The highest BCUT2D eigenvalue weighted by atomic mass is 16.5. The fraction of sp³-hybridized carbons (Fsp3) is 0.500. The molecule has 0 aromatic heterocycles. The van der Waals surface area contributed by atoms with E-state index in [9.17, 15) is 15.0 Å². The first-order valence-electron chi connectivity index (χ1n) is 7.25. The number of aliphatic hydroxyl groups excluding tert-OH is 2. The second-order valence-electron chi connectivity index (χ2n) is 6.30. The van der Waals surface area contributed by atoms with Gasteiger partial charge in [-0.25, -0.2) is 0 Å². The summed E-state index contributed by atoms with van der Waals surface area (Å²) in [5, 5.41) is 29.5. The molecule has 1 fully saturated rings. The first kappa shape index (κ1) is 14.8. The maximum absolute atomic E-state index is 12.2. The normalized spacial score (nSPS) is 29.7. The molecule has 1 amide bonds. The van der Waals surface area contributed by atoms with Gasteiger partial charge in [0.05, 0.1) is 17.7 Å². The van der Waals surface area contributed by atoms with E-state index in [-0.39, 0.29) is 0 Å². The van der Waals surface area contributed by atoms with Crippen molar-refractivity contribution < 1.29 is 19.7 Å². The molecular formula is C16H18N2O4. The van der Waals surface area contributed by atoms with E-state index in [4.69, 9.17) is 10.00 Å². The summed E-state index contributed by atoms with van der Waals surface area (Å²) >= 11 is 0. The Labute approximate surface area is 128 Å². The summed E-state index contributed by atoms with van der Waals surface area (Å²) in [6.45, 7) is 3.87. The van der Waals surface area contributed by atoms with Gasteiger partial charge in [-0.05, 0) is 38.5 Å². The van der Waals surface area contributed by atoms with Crippen LogP contribution in [0.5, 0.6) is 5.75 Å². The topological polar surface area (TPSA) is 93.8 Å². The third-order valence-electron chi connectivity index (χ3n) is 4.39. The lowest BCUT2D eigenvalue weighted by Crippen LogP contribution is -2.54. The molecule has 3 atom stereocenters. The van der Waals surface area contributed by atoms with E-state index in [0.717, 1.165) is 0 Å². The van der Waals surface area contributed by atoms with Crippen LogP contribution in [0, 0.1) is 11.3 Å². The zero-order valence-electron chi connectivity index (χ0n) is 12.5. The van der Waals surface area contributed by atoms with Crippen molar-refractivity contribution in [1.82, 2.24) is 4.90 Å². The lowest BCUT2D eigenvalue weighted by atomic mass is 9.85. The molecule has 2 N–H and O–H groups in total. The molecule has 6 nitrogen and oxygen atoms in total. The number of hydrogen-bond donors (Lipinski definition) is 2. The number of likely N-dealkylation sites (tertiary alicyclic amines) is 1. The number of amides is 1. The summed E-state index contributed by atoms with van der Waals surface area (Å²) in [4.78, 5) is 13.7. The van der Waals surface area contributed by atoms with Crippen LogP contribution in [0.3, 0.4) is 0 Å². The van der Waals surface area contributed by atoms with Crippen molar-refractivity contribution in [2.24, 2.45) is 0 Å². The zero-order chi connectivity index (χ0) is 16.1. The predicted octanol–water partition coefficient (Wildman–Crippen LogP) is 0.724. The predicted molar refractivity (Wildman–Crippen MR) is 76.9 cm³/mol. The van der Waals surface area contributed by atoms with Gasteiger partial charge >= 0.3 is 0 Å². The molecule has 0 bridgehead atoms. The van der Waals surface area contributed by atoms with Crippen LogP contribution >= 0.6 is 0 Å². The molecule has 116 valence electrons. The number of rotatable bonds is 1. The number of nitriles is 1. The first-order chi connectivity index (χ1) is 10.3. The average molecular weight is 302 g/mol. The van der Waals surface area contributed by atoms with Crippen LogP contribution in [0.4, 0.5) is 0 Å². The summed E-state index contributed by atoms with van der Waals surface area (Å²) in [7, 11) is 0. The highest BCUT2D eigenvalue weighted by Crippen LogP contribution is 2.44. The van der Waals surface area contributed by atoms with E-state index in [1.165, 1.54) is 4.90 Å². The van der Waals surface area contributed by atoms with Crippen LogP contribution in [-0.4, -0.2) is 45.4 Å². The van der Waals surface area contributed by atoms with Crippen LogP contribution in [0.1, 0.15) is 37.4 Å². The van der Waals surface area contributed by atoms with Gasteiger partial charge in [0, 0.05) is 12.1 Å². The van der Waals surface area contributed by atoms with E-state index in [1.54, 1.807) is 32.0 Å². The minimum atomic E-state index is -1.03. The number of hydrogen-bond acceptors (Lipinski definition) is 5. The minimum absolute atomic E-state index is 0.344. The number of carbonyl (C=O) groups is 1. The molecule has 2 heterocycles. The van der Waals surface area contributed by atoms with Crippen molar-refractivity contribution in [3.8, 4) is 11.8 Å². The van der Waals surface area contributed by atoms with Crippen molar-refractivity contribution in [2.45, 2.75) is 44.1 Å². The third kappa shape index (κ3) is 2.14. The van der Waals surface area contributed by atoms with Gasteiger partial charge in [0.1, 0.15) is 23.6 Å². The van der Waals surface area contributed by atoms with E-state index in [1.807, 2.05) is 0 Å². The molecule has 0 saturated carbocycles. The Hall–Kier alpha value is -2.10. The molecule has 1 aromatic carbocycles. The lowest BCUT2D eigenvalue weighted by molar-refractivity contribution is -0.145. The summed E-state index contributed by atoms with van der Waals surface area (Å²) in [5.74, 6) is 0.156. The minimum Gasteiger partial charge on any atom is -0.485 e. The number of fused-ring (bicyclic) bond motifs is 1. The van der Waals surface area contributed by atoms with Crippen molar-refractivity contribution >= 4 is 5.91 Å². The Kier molecular flexibility index (Phi) is 3.35. The number of ether oxygens (including phenoxy) is 1. The highest BCUT2D eigenvalue weighted by molar-refractivity contribution is 5.83. The number of nitrogens with zero attached hydrogens (tertiary/aromatic N) is 2. The molecule has 2 aliphatic rings. The Morgan fingerprint density at radius 2 is 2.14 bits per heavy atom. The third-order valence-corrected chi connectivity index (χ3v) is 4.39. The Bertz CT molecular complexity index is 665. The molecular weight excluding hydrogens is 284 g/mol. The van der Waals surface area contributed by atoms with Gasteiger partial charge in [-0.1, -0.05) is 0 Å². The van der Waals surface area contributed by atoms with Gasteiger partial charge in [0.2, 0.25) is 0 Å². The maximum atomic E-state index is 12.2. The molecule has 0 aliphatic carbocycles. The van der Waals surface area contributed by atoms with Gasteiger partial charge in [0.15, 0.2) is 0 Å². The Morgan fingerprint density at radius 1 is 1.41 bits per heavy atom. The fourth-order valence-corrected chi connectivity index (χ4v) is 3.14. The van der Waals surface area contributed by atoms with E-state index < -0.39 is 29.8 Å². The van der Waals surface area contributed by atoms with E-state index in [0.29, 0.717) is 29.8 Å². The van der Waals surface area contributed by atoms with Crippen molar-refractivity contribution in [3.63, 3.8) is 0 Å². The van der Waals surface area contributed by atoms with E-state index >= 15 is 0 Å². The number of aliphatic hydroxyl groups is 2. The SMILES string of the molecule is CC1(C)Oc2ccc(C#N)cc2[C@H](N2CCC(O)C2=O)[C@H]1O. The van der Waals surface area contributed by atoms with Gasteiger partial charge in [0.25, 0.3) is 5.91 Å². The van der Waals surface area contributed by atoms with Gasteiger partial charge < -0.3 is 19.8 Å². The summed E-state index contributed by atoms with van der Waals surface area (Å²) in [6, 6.07) is 6.39. The number of benzene rings is 1. The molecule has 2 aliphatic heterocycles. The molecule has 1 unspecified atom stereocenters. The zero-order valence-corrected chi connectivity index (χ0v) is 12.5. The second kappa shape index (κ2) is 4.97. The molecule has 1 aromatic rings. The maximum Gasteiger partial charge on any atom is 0.252 e. The monoisotopic (exact) mass is 302 g/mol. The summed E-state index contributed by atoms with van der Waals surface area (Å²) < 4.78 is 5.82. The molecule has 3 rings (SSSR count). The lowest BCUT2D eigenvalue weighted by Gasteiger charge is -2.45. The van der Waals surface area contributed by atoms with Gasteiger partial charge in [-0.3, -0.25) is 4.79 Å².